The number of alkyl halides is 1. The maximum absolute atomic E-state index is 13.4. The number of aromatic nitrogens is 1. The normalized spacial score (nSPS) is 18.9. The maximum atomic E-state index is 13.4. The number of carbonyl (C=O) groups excluding carboxylic acids is 1. The van der Waals surface area contributed by atoms with E-state index < -0.39 is 12.4 Å². The molecule has 2 heterocycles. The monoisotopic (exact) mass is 463 g/mol. The number of pyridine rings is 1. The zero-order valence-corrected chi connectivity index (χ0v) is 19.9. The van der Waals surface area contributed by atoms with E-state index in [1.807, 2.05) is 50.2 Å². The summed E-state index contributed by atoms with van der Waals surface area (Å²) in [6.07, 6.45) is 2.72. The second kappa shape index (κ2) is 8.87. The Bertz CT molecular complexity index is 1240. The summed E-state index contributed by atoms with van der Waals surface area (Å²) in [5.41, 5.74) is 3.46. The number of likely N-dealkylation sites (N-methyl/N-ethyl adjacent to an activating group) is 1. The predicted octanol–water partition coefficient (Wildman–Crippen LogP) is 4.66. The molecular formula is C27H30FN3O3. The zero-order chi connectivity index (χ0) is 23.9. The lowest BCUT2D eigenvalue weighted by Crippen LogP contribution is -2.48. The quantitative estimate of drug-likeness (QED) is 0.527. The summed E-state index contributed by atoms with van der Waals surface area (Å²) in [6.45, 7) is 4.63. The van der Waals surface area contributed by atoms with E-state index in [9.17, 15) is 9.18 Å². The number of hydrogen-bond donors (Lipinski definition) is 1. The van der Waals surface area contributed by atoms with Crippen LogP contribution in [0.1, 0.15) is 46.4 Å². The fraction of sp³-hybridized carbons (Fsp3) is 0.407. The Labute approximate surface area is 199 Å². The topological polar surface area (TPSA) is 63.7 Å². The Balaban J connectivity index is 1.41. The first-order valence-corrected chi connectivity index (χ1v) is 11.8. The number of nitrogens with one attached hydrogen (secondary N) is 1. The highest BCUT2D eigenvalue weighted by atomic mass is 19.1. The Kier molecular flexibility index (Phi) is 5.90. The summed E-state index contributed by atoms with van der Waals surface area (Å²) >= 11 is 0. The molecule has 2 aliphatic rings. The molecule has 3 aromatic rings. The van der Waals surface area contributed by atoms with Gasteiger partial charge in [-0.1, -0.05) is 12.1 Å². The number of benzene rings is 2. The van der Waals surface area contributed by atoms with Crippen molar-refractivity contribution in [3.8, 4) is 11.5 Å². The third kappa shape index (κ3) is 4.32. The second-order valence-corrected chi connectivity index (χ2v) is 9.49. The molecule has 1 amide bonds. The Morgan fingerprint density at radius 3 is 2.65 bits per heavy atom. The van der Waals surface area contributed by atoms with Crippen LogP contribution in [-0.4, -0.2) is 48.9 Å². The van der Waals surface area contributed by atoms with Crippen molar-refractivity contribution in [3.63, 3.8) is 0 Å². The number of halogens is 1. The molecule has 34 heavy (non-hydrogen) atoms. The van der Waals surface area contributed by atoms with Crippen LogP contribution in [0.25, 0.3) is 10.9 Å². The van der Waals surface area contributed by atoms with Gasteiger partial charge in [0, 0.05) is 28.8 Å². The van der Waals surface area contributed by atoms with E-state index in [0.29, 0.717) is 29.7 Å². The average molecular weight is 464 g/mol. The van der Waals surface area contributed by atoms with Crippen molar-refractivity contribution in [2.45, 2.75) is 44.7 Å². The summed E-state index contributed by atoms with van der Waals surface area (Å²) in [4.78, 5) is 20.3. The van der Waals surface area contributed by atoms with E-state index >= 15 is 0 Å². The average Bonchev–Trinajstić information content (AvgIpc) is 3.59. The molecule has 6 nitrogen and oxygen atoms in total. The van der Waals surface area contributed by atoms with E-state index in [4.69, 9.17) is 9.47 Å². The van der Waals surface area contributed by atoms with Gasteiger partial charge >= 0.3 is 0 Å². The zero-order valence-electron chi connectivity index (χ0n) is 19.9. The second-order valence-electron chi connectivity index (χ2n) is 9.49. The molecule has 1 N–H and O–H groups in total. The standard InChI is InChI=1S/C27H30FN3O3/c1-17-4-6-20(33-15-19-8-11-31(19)3)12-23(17)26(32)30-27(9-10-27)24-13-21(34-16-28)14-25-22(24)7-5-18(2)29-25/h4-7,12-14,19H,8-11,15-16H2,1-3H3,(H,30,32)/t19-/m0/s1. The van der Waals surface area contributed by atoms with Crippen molar-refractivity contribution < 1.29 is 18.7 Å². The molecule has 0 radical (unpaired) electrons. The van der Waals surface area contributed by atoms with Crippen molar-refractivity contribution in [1.29, 1.82) is 0 Å². The molecule has 1 aromatic heterocycles. The number of carbonyl (C=O) groups is 1. The van der Waals surface area contributed by atoms with Gasteiger partial charge in [-0.25, -0.2) is 4.39 Å². The number of hydrogen-bond acceptors (Lipinski definition) is 5. The molecule has 7 heteroatoms. The molecule has 2 fully saturated rings. The molecule has 1 aliphatic carbocycles. The number of ether oxygens (including phenoxy) is 2. The highest BCUT2D eigenvalue weighted by molar-refractivity contribution is 5.97. The molecule has 1 saturated heterocycles. The lowest BCUT2D eigenvalue weighted by Gasteiger charge is -2.37. The molecular weight excluding hydrogens is 433 g/mol. The highest BCUT2D eigenvalue weighted by Crippen LogP contribution is 2.49. The van der Waals surface area contributed by atoms with Crippen LogP contribution in [0.2, 0.25) is 0 Å². The Hall–Kier alpha value is -3.19. The van der Waals surface area contributed by atoms with Gasteiger partial charge in [-0.15, -0.1) is 0 Å². The van der Waals surface area contributed by atoms with E-state index in [2.05, 4.69) is 22.2 Å². The largest absolute Gasteiger partial charge is 0.492 e. The smallest absolute Gasteiger partial charge is 0.252 e. The third-order valence-corrected chi connectivity index (χ3v) is 7.09. The summed E-state index contributed by atoms with van der Waals surface area (Å²) in [6, 6.07) is 13.6. The van der Waals surface area contributed by atoms with Crippen molar-refractivity contribution in [1.82, 2.24) is 15.2 Å². The van der Waals surface area contributed by atoms with Gasteiger partial charge in [0.25, 0.3) is 5.91 Å². The molecule has 2 aromatic carbocycles. The first-order valence-electron chi connectivity index (χ1n) is 11.8. The molecule has 0 spiro atoms. The number of rotatable bonds is 8. The minimum absolute atomic E-state index is 0.147. The van der Waals surface area contributed by atoms with E-state index in [1.54, 1.807) is 6.07 Å². The van der Waals surface area contributed by atoms with Crippen molar-refractivity contribution in [2.24, 2.45) is 0 Å². The fourth-order valence-corrected chi connectivity index (χ4v) is 4.63. The van der Waals surface area contributed by atoms with Gasteiger partial charge in [0.15, 0.2) is 0 Å². The first-order chi connectivity index (χ1) is 16.4. The van der Waals surface area contributed by atoms with Crippen LogP contribution in [-0.2, 0) is 5.54 Å². The van der Waals surface area contributed by atoms with Gasteiger partial charge < -0.3 is 14.8 Å². The predicted molar refractivity (Wildman–Crippen MR) is 129 cm³/mol. The summed E-state index contributed by atoms with van der Waals surface area (Å²) in [7, 11) is 2.09. The number of fused-ring (bicyclic) bond motifs is 1. The summed E-state index contributed by atoms with van der Waals surface area (Å²) < 4.78 is 24.1. The van der Waals surface area contributed by atoms with E-state index in [1.165, 1.54) is 0 Å². The lowest BCUT2D eigenvalue weighted by atomic mass is 9.97. The summed E-state index contributed by atoms with van der Waals surface area (Å²) in [5.74, 6) is 0.965. The molecule has 5 rings (SSSR count). The van der Waals surface area contributed by atoms with Gasteiger partial charge in [0.2, 0.25) is 6.86 Å². The number of likely N-dealkylation sites (tertiary alicyclic amines) is 1. The van der Waals surface area contributed by atoms with Crippen LogP contribution in [0.3, 0.4) is 0 Å². The van der Waals surface area contributed by atoms with E-state index in [-0.39, 0.29) is 5.91 Å². The van der Waals surface area contributed by atoms with Crippen LogP contribution >= 0.6 is 0 Å². The minimum atomic E-state index is -0.918. The third-order valence-electron chi connectivity index (χ3n) is 7.09. The molecule has 1 aliphatic heterocycles. The van der Waals surface area contributed by atoms with Crippen LogP contribution in [0.4, 0.5) is 4.39 Å². The minimum Gasteiger partial charge on any atom is -0.492 e. The molecule has 0 bridgehead atoms. The number of amides is 1. The molecule has 178 valence electrons. The molecule has 1 atom stereocenters. The van der Waals surface area contributed by atoms with Crippen LogP contribution in [0.15, 0.2) is 42.5 Å². The van der Waals surface area contributed by atoms with Gasteiger partial charge in [-0.05, 0) is 82.1 Å². The highest BCUT2D eigenvalue weighted by Gasteiger charge is 2.47. The lowest BCUT2D eigenvalue weighted by molar-refractivity contribution is 0.0767. The first kappa shape index (κ1) is 22.6. The SMILES string of the molecule is Cc1ccc2c(C3(NC(=O)c4cc(OC[C@@H]5CCN5C)ccc4C)CC3)cc(OCF)cc2n1. The van der Waals surface area contributed by atoms with Gasteiger partial charge in [0.05, 0.1) is 11.1 Å². The van der Waals surface area contributed by atoms with Crippen molar-refractivity contribution >= 4 is 16.8 Å². The Morgan fingerprint density at radius 2 is 1.97 bits per heavy atom. The molecule has 1 saturated carbocycles. The van der Waals surface area contributed by atoms with Gasteiger partial charge in [-0.2, -0.15) is 0 Å². The van der Waals surface area contributed by atoms with Gasteiger partial charge in [-0.3, -0.25) is 14.7 Å². The fourth-order valence-electron chi connectivity index (χ4n) is 4.63. The van der Waals surface area contributed by atoms with Gasteiger partial charge in [0.1, 0.15) is 18.1 Å². The number of nitrogens with zero attached hydrogens (tertiary/aromatic N) is 2. The Morgan fingerprint density at radius 1 is 1.15 bits per heavy atom. The van der Waals surface area contributed by atoms with Crippen molar-refractivity contribution in [3.05, 3.63) is 64.8 Å². The summed E-state index contributed by atoms with van der Waals surface area (Å²) in [5, 5.41) is 4.20. The van der Waals surface area contributed by atoms with Crippen LogP contribution in [0.5, 0.6) is 11.5 Å². The molecule has 0 unspecified atom stereocenters. The van der Waals surface area contributed by atoms with E-state index in [0.717, 1.165) is 53.5 Å². The van der Waals surface area contributed by atoms with Crippen LogP contribution in [0, 0.1) is 13.8 Å². The maximum Gasteiger partial charge on any atom is 0.252 e. The number of aryl methyl sites for hydroxylation is 2. The van der Waals surface area contributed by atoms with Crippen LogP contribution < -0.4 is 14.8 Å². The van der Waals surface area contributed by atoms with Crippen molar-refractivity contribution in [2.75, 3.05) is 27.1 Å².